The van der Waals surface area contributed by atoms with Gasteiger partial charge in [-0.1, -0.05) is 152 Å². The normalized spacial score (nSPS) is 11.5. The van der Waals surface area contributed by atoms with E-state index in [-0.39, 0.29) is 0 Å². The zero-order chi connectivity index (χ0) is 41.7. The summed E-state index contributed by atoms with van der Waals surface area (Å²) < 4.78 is 4.76. The first-order valence-corrected chi connectivity index (χ1v) is 21.6. The SMILES string of the molecule is c1ccc(-c2ccc(-c3ccc4c(c3)c3ccccc3n4-c3ccc(N(c4ccccc4)c4ccc(-c5ccc6c(c5)c5ccccc5n6-c5ccccc5)cc4)cc3)cc2)cc1. The second-order valence-electron chi connectivity index (χ2n) is 16.2. The third-order valence-corrected chi connectivity index (χ3v) is 12.5. The van der Waals surface area contributed by atoms with E-state index in [2.05, 4.69) is 263 Å². The van der Waals surface area contributed by atoms with Crippen molar-refractivity contribution in [2.75, 3.05) is 4.90 Å². The van der Waals surface area contributed by atoms with Crippen LogP contribution in [0.4, 0.5) is 17.1 Å². The number of hydrogen-bond donors (Lipinski definition) is 0. The Kier molecular flexibility index (Phi) is 8.83. The maximum Gasteiger partial charge on any atom is 0.0541 e. The predicted octanol–water partition coefficient (Wildman–Crippen LogP) is 16.4. The Labute approximate surface area is 366 Å². The molecular weight excluding hydrogens is 763 g/mol. The fourth-order valence-corrected chi connectivity index (χ4v) is 9.50. The molecule has 2 heterocycles. The zero-order valence-corrected chi connectivity index (χ0v) is 34.5. The molecule has 0 radical (unpaired) electrons. The summed E-state index contributed by atoms with van der Waals surface area (Å²) in [5.74, 6) is 0. The first kappa shape index (κ1) is 36.5. The molecule has 12 aromatic rings. The Morgan fingerprint density at radius 3 is 1.08 bits per heavy atom. The van der Waals surface area contributed by atoms with Gasteiger partial charge < -0.3 is 14.0 Å². The van der Waals surface area contributed by atoms with Crippen molar-refractivity contribution in [1.29, 1.82) is 0 Å². The minimum absolute atomic E-state index is 1.09. The number of para-hydroxylation sites is 4. The second-order valence-corrected chi connectivity index (χ2v) is 16.2. The van der Waals surface area contributed by atoms with Crippen molar-refractivity contribution in [3.63, 3.8) is 0 Å². The molecule has 0 bridgehead atoms. The quantitative estimate of drug-likeness (QED) is 0.149. The van der Waals surface area contributed by atoms with Gasteiger partial charge in [0.05, 0.1) is 22.1 Å². The van der Waals surface area contributed by atoms with E-state index in [1.807, 2.05) is 0 Å². The van der Waals surface area contributed by atoms with Crippen molar-refractivity contribution in [3.05, 3.63) is 249 Å². The third kappa shape index (κ3) is 6.38. The Bertz CT molecular complexity index is 3570. The number of nitrogens with zero attached hydrogens (tertiary/aromatic N) is 3. The standard InChI is InChI=1S/C60H41N3/c1-4-14-42(15-5-1)43-24-26-44(27-25-43)46-30-39-60-56(40-46)54-21-11-13-23-58(54)63(60)52-36-34-51(35-37-52)61(48-16-6-2-7-17-48)50-32-28-45(29-33-50)47-31-38-59-55(41-47)53-20-10-12-22-57(53)62(59)49-18-8-3-9-19-49/h1-41H. The molecule has 0 fully saturated rings. The van der Waals surface area contributed by atoms with E-state index >= 15 is 0 Å². The monoisotopic (exact) mass is 803 g/mol. The number of hydrogen-bond acceptors (Lipinski definition) is 1. The van der Waals surface area contributed by atoms with Gasteiger partial charge >= 0.3 is 0 Å². The molecule has 3 heteroatoms. The molecule has 10 aromatic carbocycles. The summed E-state index contributed by atoms with van der Waals surface area (Å²) in [6, 6.07) is 90.0. The van der Waals surface area contributed by atoms with Crippen LogP contribution in [0.2, 0.25) is 0 Å². The highest BCUT2D eigenvalue weighted by atomic mass is 15.1. The molecule has 0 saturated heterocycles. The summed E-state index contributed by atoms with van der Waals surface area (Å²) >= 11 is 0. The van der Waals surface area contributed by atoms with Gasteiger partial charge in [-0.3, -0.25) is 0 Å². The van der Waals surface area contributed by atoms with Gasteiger partial charge in [-0.2, -0.15) is 0 Å². The Morgan fingerprint density at radius 1 is 0.222 bits per heavy atom. The summed E-state index contributed by atoms with van der Waals surface area (Å²) in [6.45, 7) is 0. The van der Waals surface area contributed by atoms with Gasteiger partial charge in [0.15, 0.2) is 0 Å². The molecule has 2 aromatic heterocycles. The first-order valence-electron chi connectivity index (χ1n) is 21.6. The van der Waals surface area contributed by atoms with Gasteiger partial charge in [-0.25, -0.2) is 0 Å². The van der Waals surface area contributed by atoms with Crippen molar-refractivity contribution >= 4 is 60.7 Å². The van der Waals surface area contributed by atoms with Crippen molar-refractivity contribution in [3.8, 4) is 44.8 Å². The number of benzene rings is 10. The molecule has 3 nitrogen and oxygen atoms in total. The van der Waals surface area contributed by atoms with Crippen molar-refractivity contribution in [2.45, 2.75) is 0 Å². The van der Waals surface area contributed by atoms with E-state index in [9.17, 15) is 0 Å². The van der Waals surface area contributed by atoms with Gasteiger partial charge in [0.25, 0.3) is 0 Å². The number of rotatable bonds is 8. The van der Waals surface area contributed by atoms with Crippen LogP contribution in [0.25, 0.3) is 88.4 Å². The van der Waals surface area contributed by atoms with Crippen LogP contribution in [0.5, 0.6) is 0 Å². The molecule has 0 saturated carbocycles. The zero-order valence-electron chi connectivity index (χ0n) is 34.5. The van der Waals surface area contributed by atoms with E-state index in [0.717, 1.165) is 22.7 Å². The summed E-state index contributed by atoms with van der Waals surface area (Å²) in [7, 11) is 0. The first-order chi connectivity index (χ1) is 31.2. The minimum atomic E-state index is 1.09. The molecule has 12 rings (SSSR count). The Balaban J connectivity index is 0.886. The molecule has 63 heavy (non-hydrogen) atoms. The maximum atomic E-state index is 2.40. The molecule has 0 spiro atoms. The summed E-state index contributed by atoms with van der Waals surface area (Å²) in [5.41, 5.74) is 17.6. The fourth-order valence-electron chi connectivity index (χ4n) is 9.50. The van der Waals surface area contributed by atoms with Crippen LogP contribution in [0, 0.1) is 0 Å². The Morgan fingerprint density at radius 2 is 0.556 bits per heavy atom. The van der Waals surface area contributed by atoms with Crippen LogP contribution in [0.1, 0.15) is 0 Å². The predicted molar refractivity (Wildman–Crippen MR) is 266 cm³/mol. The highest BCUT2D eigenvalue weighted by Gasteiger charge is 2.17. The van der Waals surface area contributed by atoms with Crippen LogP contribution >= 0.6 is 0 Å². The highest BCUT2D eigenvalue weighted by Crippen LogP contribution is 2.40. The van der Waals surface area contributed by atoms with Crippen LogP contribution < -0.4 is 4.90 Å². The van der Waals surface area contributed by atoms with Crippen LogP contribution in [-0.2, 0) is 0 Å². The smallest absolute Gasteiger partial charge is 0.0541 e. The molecular formula is C60H41N3. The summed E-state index contributed by atoms with van der Waals surface area (Å²) in [6.07, 6.45) is 0. The molecule has 0 amide bonds. The molecule has 0 aliphatic rings. The molecule has 0 N–H and O–H groups in total. The van der Waals surface area contributed by atoms with E-state index in [1.54, 1.807) is 0 Å². The highest BCUT2D eigenvalue weighted by molar-refractivity contribution is 6.11. The lowest BCUT2D eigenvalue weighted by Gasteiger charge is -2.26. The van der Waals surface area contributed by atoms with Gasteiger partial charge in [0.2, 0.25) is 0 Å². The fraction of sp³-hybridized carbons (Fsp3) is 0. The molecule has 0 aliphatic carbocycles. The van der Waals surface area contributed by atoms with E-state index in [4.69, 9.17) is 0 Å². The summed E-state index contributed by atoms with van der Waals surface area (Å²) in [4.78, 5) is 2.34. The lowest BCUT2D eigenvalue weighted by Crippen LogP contribution is -2.10. The summed E-state index contributed by atoms with van der Waals surface area (Å²) in [5, 5.41) is 4.99. The van der Waals surface area contributed by atoms with Crippen LogP contribution in [-0.4, -0.2) is 9.13 Å². The van der Waals surface area contributed by atoms with Crippen molar-refractivity contribution in [1.82, 2.24) is 9.13 Å². The van der Waals surface area contributed by atoms with E-state index in [1.165, 1.54) is 82.7 Å². The van der Waals surface area contributed by atoms with Crippen LogP contribution in [0.3, 0.4) is 0 Å². The topological polar surface area (TPSA) is 13.1 Å². The van der Waals surface area contributed by atoms with Gasteiger partial charge in [0, 0.05) is 50.0 Å². The molecule has 0 atom stereocenters. The average Bonchev–Trinajstić information content (AvgIpc) is 3.88. The molecule has 296 valence electrons. The maximum absolute atomic E-state index is 2.40. The minimum Gasteiger partial charge on any atom is -0.311 e. The van der Waals surface area contributed by atoms with Crippen LogP contribution in [0.15, 0.2) is 249 Å². The third-order valence-electron chi connectivity index (χ3n) is 12.5. The number of aromatic nitrogens is 2. The lowest BCUT2D eigenvalue weighted by molar-refractivity contribution is 1.17. The van der Waals surface area contributed by atoms with Crippen molar-refractivity contribution in [2.24, 2.45) is 0 Å². The molecule has 0 aliphatic heterocycles. The van der Waals surface area contributed by atoms with Gasteiger partial charge in [0.1, 0.15) is 0 Å². The average molecular weight is 804 g/mol. The Hall–Kier alpha value is -8.40. The van der Waals surface area contributed by atoms with Gasteiger partial charge in [-0.15, -0.1) is 0 Å². The van der Waals surface area contributed by atoms with E-state index < -0.39 is 0 Å². The number of fused-ring (bicyclic) bond motifs is 6. The largest absolute Gasteiger partial charge is 0.311 e. The van der Waals surface area contributed by atoms with Gasteiger partial charge in [-0.05, 0) is 130 Å². The lowest BCUT2D eigenvalue weighted by atomic mass is 9.99. The molecule has 0 unspecified atom stereocenters. The second kappa shape index (κ2) is 15.3. The van der Waals surface area contributed by atoms with E-state index in [0.29, 0.717) is 0 Å². The van der Waals surface area contributed by atoms with Crippen molar-refractivity contribution < 1.29 is 0 Å². The number of anilines is 3.